The molecule has 0 atom stereocenters. The average Bonchev–Trinajstić information content (AvgIpc) is 2.80. The lowest BCUT2D eigenvalue weighted by atomic mass is 9.96. The van der Waals surface area contributed by atoms with Crippen LogP contribution in [0.3, 0.4) is 0 Å². The van der Waals surface area contributed by atoms with Crippen LogP contribution in [0.4, 0.5) is 5.82 Å². The zero-order valence-corrected chi connectivity index (χ0v) is 18.6. The van der Waals surface area contributed by atoms with E-state index in [1.807, 2.05) is 12.1 Å². The van der Waals surface area contributed by atoms with Crippen LogP contribution in [0, 0.1) is 13.8 Å². The van der Waals surface area contributed by atoms with Gasteiger partial charge in [0.05, 0.1) is 7.11 Å². The van der Waals surface area contributed by atoms with Crippen molar-refractivity contribution in [2.45, 2.75) is 33.6 Å². The Morgan fingerprint density at radius 1 is 1.00 bits per heavy atom. The molecule has 5 nitrogen and oxygen atoms in total. The third-order valence-electron chi connectivity index (χ3n) is 5.43. The predicted molar refractivity (Wildman–Crippen MR) is 128 cm³/mol. The molecule has 0 unspecified atom stereocenters. The fourth-order valence-corrected chi connectivity index (χ4v) is 3.70. The van der Waals surface area contributed by atoms with Crippen molar-refractivity contribution in [2.24, 2.45) is 0 Å². The molecule has 2 aromatic carbocycles. The van der Waals surface area contributed by atoms with Crippen LogP contribution in [-0.2, 0) is 0 Å². The summed E-state index contributed by atoms with van der Waals surface area (Å²) in [5.41, 5.74) is 6.41. The Hall–Kier alpha value is -3.47. The van der Waals surface area contributed by atoms with Crippen molar-refractivity contribution < 1.29 is 4.74 Å². The molecule has 0 radical (unpaired) electrons. The maximum absolute atomic E-state index is 5.80. The van der Waals surface area contributed by atoms with Crippen LogP contribution in [-0.4, -0.2) is 28.6 Å². The normalized spacial score (nSPS) is 11.0. The molecule has 0 bridgehead atoms. The predicted octanol–water partition coefficient (Wildman–Crippen LogP) is 6.20. The summed E-state index contributed by atoms with van der Waals surface area (Å²) < 4.78 is 5.80. The van der Waals surface area contributed by atoms with Gasteiger partial charge in [0.2, 0.25) is 0 Å². The molecule has 0 aliphatic carbocycles. The number of hydrogen-bond acceptors (Lipinski definition) is 5. The Bertz CT molecular complexity index is 1210. The van der Waals surface area contributed by atoms with Gasteiger partial charge in [-0.3, -0.25) is 4.98 Å². The van der Waals surface area contributed by atoms with Crippen molar-refractivity contribution in [3.63, 3.8) is 0 Å². The zero-order valence-electron chi connectivity index (χ0n) is 18.6. The standard InChI is InChI=1S/C26H28N4O/c1-5-6-12-28-26-22-14-20(21-13-17(2)9-10-18(21)3)15-23(31-4)24(22)29-25(30-26)19-8-7-11-27-16-19/h7-11,13-16H,5-6,12H2,1-4H3,(H,28,29,30). The van der Waals surface area contributed by atoms with Crippen LogP contribution >= 0.6 is 0 Å². The smallest absolute Gasteiger partial charge is 0.163 e. The minimum Gasteiger partial charge on any atom is -0.494 e. The van der Waals surface area contributed by atoms with Crippen LogP contribution in [0.1, 0.15) is 30.9 Å². The molecule has 1 N–H and O–H groups in total. The zero-order chi connectivity index (χ0) is 21.8. The van der Waals surface area contributed by atoms with Crippen molar-refractivity contribution in [3.8, 4) is 28.3 Å². The van der Waals surface area contributed by atoms with Gasteiger partial charge in [0, 0.05) is 29.9 Å². The lowest BCUT2D eigenvalue weighted by Crippen LogP contribution is -2.06. The molecule has 4 aromatic rings. The molecular weight excluding hydrogens is 384 g/mol. The Morgan fingerprint density at radius 2 is 1.87 bits per heavy atom. The molecule has 5 heteroatoms. The Kier molecular flexibility index (Phi) is 6.12. The van der Waals surface area contributed by atoms with Gasteiger partial charge >= 0.3 is 0 Å². The highest BCUT2D eigenvalue weighted by Gasteiger charge is 2.16. The number of hydrogen-bond donors (Lipinski definition) is 1. The number of anilines is 1. The summed E-state index contributed by atoms with van der Waals surface area (Å²) in [7, 11) is 1.69. The summed E-state index contributed by atoms with van der Waals surface area (Å²) in [5, 5.41) is 4.49. The SMILES string of the molecule is CCCCNc1nc(-c2cccnc2)nc2c(OC)cc(-c3cc(C)ccc3C)cc12. The molecular formula is C26H28N4O. The first-order chi connectivity index (χ1) is 15.1. The fourth-order valence-electron chi connectivity index (χ4n) is 3.70. The maximum Gasteiger partial charge on any atom is 0.163 e. The minimum atomic E-state index is 0.636. The molecule has 0 aliphatic rings. The molecule has 31 heavy (non-hydrogen) atoms. The van der Waals surface area contributed by atoms with Crippen LogP contribution in [0.15, 0.2) is 54.9 Å². The Morgan fingerprint density at radius 3 is 2.61 bits per heavy atom. The van der Waals surface area contributed by atoms with Crippen molar-refractivity contribution in [3.05, 3.63) is 66.0 Å². The van der Waals surface area contributed by atoms with E-state index in [0.29, 0.717) is 5.82 Å². The van der Waals surface area contributed by atoms with E-state index in [-0.39, 0.29) is 0 Å². The number of nitrogens with one attached hydrogen (secondary N) is 1. The van der Waals surface area contributed by atoms with Gasteiger partial charge in [-0.2, -0.15) is 0 Å². The van der Waals surface area contributed by atoms with Crippen LogP contribution in [0.5, 0.6) is 5.75 Å². The Labute approximate surface area is 183 Å². The van der Waals surface area contributed by atoms with Crippen molar-refractivity contribution in [1.29, 1.82) is 0 Å². The summed E-state index contributed by atoms with van der Waals surface area (Å²) >= 11 is 0. The average molecular weight is 413 g/mol. The molecule has 2 aromatic heterocycles. The number of nitrogens with zero attached hydrogens (tertiary/aromatic N) is 3. The topological polar surface area (TPSA) is 59.9 Å². The van der Waals surface area contributed by atoms with E-state index in [1.54, 1.807) is 19.5 Å². The van der Waals surface area contributed by atoms with E-state index in [0.717, 1.165) is 53.0 Å². The maximum atomic E-state index is 5.80. The third-order valence-corrected chi connectivity index (χ3v) is 5.43. The van der Waals surface area contributed by atoms with E-state index < -0.39 is 0 Å². The number of methoxy groups -OCH3 is 1. The third kappa shape index (κ3) is 4.36. The number of unbranched alkanes of at least 4 members (excludes halogenated alkanes) is 1. The van der Waals surface area contributed by atoms with Crippen LogP contribution < -0.4 is 10.1 Å². The number of rotatable bonds is 7. The van der Waals surface area contributed by atoms with Gasteiger partial charge in [0.1, 0.15) is 17.1 Å². The fraction of sp³-hybridized carbons (Fsp3) is 0.269. The van der Waals surface area contributed by atoms with Crippen molar-refractivity contribution in [1.82, 2.24) is 15.0 Å². The number of benzene rings is 2. The lowest BCUT2D eigenvalue weighted by Gasteiger charge is -2.16. The van der Waals surface area contributed by atoms with Crippen molar-refractivity contribution >= 4 is 16.7 Å². The molecule has 0 amide bonds. The molecule has 0 saturated carbocycles. The molecule has 0 saturated heterocycles. The first kappa shape index (κ1) is 20.8. The summed E-state index contributed by atoms with van der Waals surface area (Å²) in [6.45, 7) is 7.28. The summed E-state index contributed by atoms with van der Waals surface area (Å²) in [5.74, 6) is 2.19. The summed E-state index contributed by atoms with van der Waals surface area (Å²) in [6.07, 6.45) is 5.72. The molecule has 2 heterocycles. The molecule has 4 rings (SSSR count). The number of ether oxygens (including phenoxy) is 1. The molecule has 0 fully saturated rings. The van der Waals surface area contributed by atoms with E-state index in [1.165, 1.54) is 16.7 Å². The van der Waals surface area contributed by atoms with Gasteiger partial charge in [-0.25, -0.2) is 9.97 Å². The second-order valence-electron chi connectivity index (χ2n) is 7.81. The number of aryl methyl sites for hydroxylation is 2. The monoisotopic (exact) mass is 412 g/mol. The Balaban J connectivity index is 1.95. The number of aromatic nitrogens is 3. The summed E-state index contributed by atoms with van der Waals surface area (Å²) in [4.78, 5) is 14.0. The minimum absolute atomic E-state index is 0.636. The van der Waals surface area contributed by atoms with E-state index in [2.05, 4.69) is 61.4 Å². The highest BCUT2D eigenvalue weighted by molar-refractivity contribution is 5.98. The van der Waals surface area contributed by atoms with E-state index in [4.69, 9.17) is 14.7 Å². The van der Waals surface area contributed by atoms with Gasteiger partial charge in [-0.1, -0.05) is 37.1 Å². The van der Waals surface area contributed by atoms with Crippen molar-refractivity contribution in [2.75, 3.05) is 19.0 Å². The van der Waals surface area contributed by atoms with E-state index in [9.17, 15) is 0 Å². The largest absolute Gasteiger partial charge is 0.494 e. The second-order valence-corrected chi connectivity index (χ2v) is 7.81. The molecule has 0 aliphatic heterocycles. The highest BCUT2D eigenvalue weighted by Crippen LogP contribution is 2.37. The van der Waals surface area contributed by atoms with Crippen LogP contribution in [0.2, 0.25) is 0 Å². The van der Waals surface area contributed by atoms with Gasteiger partial charge in [0.15, 0.2) is 5.82 Å². The molecule has 158 valence electrons. The van der Waals surface area contributed by atoms with Gasteiger partial charge < -0.3 is 10.1 Å². The lowest BCUT2D eigenvalue weighted by molar-refractivity contribution is 0.419. The van der Waals surface area contributed by atoms with Gasteiger partial charge in [0.25, 0.3) is 0 Å². The quantitative estimate of drug-likeness (QED) is 0.366. The second kappa shape index (κ2) is 9.13. The van der Waals surface area contributed by atoms with Gasteiger partial charge in [-0.05, 0) is 61.2 Å². The van der Waals surface area contributed by atoms with Gasteiger partial charge in [-0.15, -0.1) is 0 Å². The first-order valence-corrected chi connectivity index (χ1v) is 10.7. The summed E-state index contributed by atoms with van der Waals surface area (Å²) in [6, 6.07) is 14.6. The first-order valence-electron chi connectivity index (χ1n) is 10.7. The number of fused-ring (bicyclic) bond motifs is 1. The number of pyridine rings is 1. The van der Waals surface area contributed by atoms with Crippen LogP contribution in [0.25, 0.3) is 33.4 Å². The highest BCUT2D eigenvalue weighted by atomic mass is 16.5. The van der Waals surface area contributed by atoms with E-state index >= 15 is 0 Å². The molecule has 0 spiro atoms.